The Morgan fingerprint density at radius 2 is 1.82 bits per heavy atom. The molecular formula is C9H20O2. The zero-order valence-corrected chi connectivity index (χ0v) is 8.22. The monoisotopic (exact) mass is 160 g/mol. The molecule has 11 heavy (non-hydrogen) atoms. The zero-order valence-electron chi connectivity index (χ0n) is 8.22. The largest absolute Gasteiger partial charge is 0.396 e. The summed E-state index contributed by atoms with van der Waals surface area (Å²) in [5.41, 5.74) is -0.136. The van der Waals surface area contributed by atoms with Crippen LogP contribution in [-0.2, 0) is 4.74 Å². The maximum absolute atomic E-state index is 9.06. The molecule has 0 aliphatic heterocycles. The van der Waals surface area contributed by atoms with Crippen molar-refractivity contribution in [2.75, 3.05) is 13.7 Å². The predicted octanol–water partition coefficient (Wildman–Crippen LogP) is 1.68. The van der Waals surface area contributed by atoms with Crippen molar-refractivity contribution in [1.29, 1.82) is 0 Å². The average molecular weight is 160 g/mol. The van der Waals surface area contributed by atoms with Crippen molar-refractivity contribution in [1.82, 2.24) is 0 Å². The minimum atomic E-state index is -0.136. The van der Waals surface area contributed by atoms with E-state index in [1.165, 1.54) is 0 Å². The lowest BCUT2D eigenvalue weighted by Crippen LogP contribution is -2.38. The molecule has 0 aromatic carbocycles. The fraction of sp³-hybridized carbons (Fsp3) is 1.00. The second-order valence-electron chi connectivity index (χ2n) is 4.05. The van der Waals surface area contributed by atoms with Crippen molar-refractivity contribution in [2.45, 2.75) is 33.8 Å². The average Bonchev–Trinajstić information content (AvgIpc) is 1.88. The van der Waals surface area contributed by atoms with E-state index in [4.69, 9.17) is 9.84 Å². The van der Waals surface area contributed by atoms with Gasteiger partial charge in [-0.1, -0.05) is 27.7 Å². The van der Waals surface area contributed by atoms with Crippen LogP contribution in [0.2, 0.25) is 0 Å². The Kier molecular flexibility index (Phi) is 4.04. The van der Waals surface area contributed by atoms with Crippen molar-refractivity contribution >= 4 is 0 Å². The Morgan fingerprint density at radius 3 is 1.91 bits per heavy atom. The molecule has 2 nitrogen and oxygen atoms in total. The van der Waals surface area contributed by atoms with Crippen LogP contribution in [0.3, 0.4) is 0 Å². The molecule has 0 spiro atoms. The Morgan fingerprint density at radius 1 is 1.36 bits per heavy atom. The summed E-state index contributed by atoms with van der Waals surface area (Å²) in [6.45, 7) is 8.41. The summed E-state index contributed by atoms with van der Waals surface area (Å²) in [5, 5.41) is 9.06. The van der Waals surface area contributed by atoms with Crippen LogP contribution in [0.4, 0.5) is 0 Å². The van der Waals surface area contributed by atoms with Crippen molar-refractivity contribution in [3.8, 4) is 0 Å². The van der Waals surface area contributed by atoms with Gasteiger partial charge in [-0.15, -0.1) is 0 Å². The number of rotatable bonds is 4. The number of ether oxygens (including phenoxy) is 1. The zero-order chi connectivity index (χ0) is 9.07. The number of hydrogen-bond donors (Lipinski definition) is 1. The van der Waals surface area contributed by atoms with Gasteiger partial charge in [-0.3, -0.25) is 0 Å². The van der Waals surface area contributed by atoms with E-state index in [0.29, 0.717) is 5.92 Å². The second-order valence-corrected chi connectivity index (χ2v) is 4.05. The number of methoxy groups -OCH3 is 1. The first-order valence-corrected chi connectivity index (χ1v) is 4.09. The number of aliphatic hydroxyl groups excluding tert-OH is 1. The first kappa shape index (κ1) is 10.9. The van der Waals surface area contributed by atoms with Gasteiger partial charge in [-0.25, -0.2) is 0 Å². The molecule has 0 rings (SSSR count). The molecule has 0 bridgehead atoms. The maximum Gasteiger partial charge on any atom is 0.0666 e. The third-order valence-electron chi connectivity index (χ3n) is 2.04. The van der Waals surface area contributed by atoms with Crippen LogP contribution in [-0.4, -0.2) is 24.9 Å². The normalized spacial score (nSPS) is 15.5. The predicted molar refractivity (Wildman–Crippen MR) is 46.5 cm³/mol. The van der Waals surface area contributed by atoms with Gasteiger partial charge >= 0.3 is 0 Å². The first-order valence-electron chi connectivity index (χ1n) is 4.09. The molecule has 1 atom stereocenters. The molecule has 0 heterocycles. The molecule has 0 saturated carbocycles. The van der Waals surface area contributed by atoms with E-state index in [-0.39, 0.29) is 18.1 Å². The Labute approximate surface area is 69.6 Å². The summed E-state index contributed by atoms with van der Waals surface area (Å²) in [4.78, 5) is 0. The van der Waals surface area contributed by atoms with Crippen molar-refractivity contribution in [3.05, 3.63) is 0 Å². The van der Waals surface area contributed by atoms with E-state index in [1.807, 2.05) is 13.8 Å². The SMILES string of the molecule is CO[C@H](C(C)C)C(C)(C)CO. The van der Waals surface area contributed by atoms with E-state index in [9.17, 15) is 0 Å². The van der Waals surface area contributed by atoms with E-state index in [2.05, 4.69) is 13.8 Å². The van der Waals surface area contributed by atoms with Gasteiger partial charge in [-0.2, -0.15) is 0 Å². The van der Waals surface area contributed by atoms with Gasteiger partial charge in [-0.05, 0) is 5.92 Å². The first-order chi connectivity index (χ1) is 4.95. The minimum absolute atomic E-state index is 0.132. The van der Waals surface area contributed by atoms with E-state index in [1.54, 1.807) is 7.11 Å². The third kappa shape index (κ3) is 2.80. The van der Waals surface area contributed by atoms with Gasteiger partial charge in [0.1, 0.15) is 0 Å². The molecule has 0 fully saturated rings. The van der Waals surface area contributed by atoms with E-state index >= 15 is 0 Å². The summed E-state index contributed by atoms with van der Waals surface area (Å²) in [7, 11) is 1.70. The molecule has 0 saturated heterocycles. The van der Waals surface area contributed by atoms with Crippen LogP contribution in [0.15, 0.2) is 0 Å². The second kappa shape index (κ2) is 4.07. The summed E-state index contributed by atoms with van der Waals surface area (Å²) >= 11 is 0. The van der Waals surface area contributed by atoms with E-state index in [0.717, 1.165) is 0 Å². The molecule has 0 aliphatic rings. The highest BCUT2D eigenvalue weighted by Gasteiger charge is 2.30. The topological polar surface area (TPSA) is 29.5 Å². The standard InChI is InChI=1S/C9H20O2/c1-7(2)8(11-5)9(3,4)6-10/h7-8,10H,6H2,1-5H3/t8-/m1/s1. The Balaban J connectivity index is 4.23. The molecular weight excluding hydrogens is 140 g/mol. The van der Waals surface area contributed by atoms with Crippen molar-refractivity contribution in [2.24, 2.45) is 11.3 Å². The quantitative estimate of drug-likeness (QED) is 0.678. The van der Waals surface area contributed by atoms with Crippen LogP contribution in [0.5, 0.6) is 0 Å². The molecule has 0 amide bonds. The third-order valence-corrected chi connectivity index (χ3v) is 2.04. The van der Waals surface area contributed by atoms with Crippen molar-refractivity contribution < 1.29 is 9.84 Å². The van der Waals surface area contributed by atoms with Gasteiger partial charge in [0.05, 0.1) is 12.7 Å². The molecule has 0 radical (unpaired) electrons. The summed E-state index contributed by atoms with van der Waals surface area (Å²) in [6.07, 6.45) is 0.132. The van der Waals surface area contributed by atoms with Crippen LogP contribution in [0.25, 0.3) is 0 Å². The highest BCUT2D eigenvalue weighted by molar-refractivity contribution is 4.80. The van der Waals surface area contributed by atoms with Gasteiger partial charge in [0.2, 0.25) is 0 Å². The Hall–Kier alpha value is -0.0800. The number of hydrogen-bond acceptors (Lipinski definition) is 2. The molecule has 2 heteroatoms. The van der Waals surface area contributed by atoms with Gasteiger partial charge in [0.15, 0.2) is 0 Å². The summed E-state index contributed by atoms with van der Waals surface area (Å²) in [5.74, 6) is 0.446. The molecule has 68 valence electrons. The minimum Gasteiger partial charge on any atom is -0.396 e. The van der Waals surface area contributed by atoms with Crippen molar-refractivity contribution in [3.63, 3.8) is 0 Å². The smallest absolute Gasteiger partial charge is 0.0666 e. The van der Waals surface area contributed by atoms with Gasteiger partial charge < -0.3 is 9.84 Å². The highest BCUT2D eigenvalue weighted by atomic mass is 16.5. The van der Waals surface area contributed by atoms with Crippen LogP contribution < -0.4 is 0 Å². The number of aliphatic hydroxyl groups is 1. The Bertz CT molecular complexity index is 108. The van der Waals surface area contributed by atoms with E-state index < -0.39 is 0 Å². The fourth-order valence-electron chi connectivity index (χ4n) is 1.58. The molecule has 0 aromatic heterocycles. The molecule has 0 unspecified atom stereocenters. The van der Waals surface area contributed by atoms with Gasteiger partial charge in [0, 0.05) is 12.5 Å². The van der Waals surface area contributed by atoms with Crippen LogP contribution >= 0.6 is 0 Å². The molecule has 1 N–H and O–H groups in total. The maximum atomic E-state index is 9.06. The summed E-state index contributed by atoms with van der Waals surface area (Å²) < 4.78 is 5.31. The lowest BCUT2D eigenvalue weighted by Gasteiger charge is -2.34. The molecule has 0 aromatic rings. The lowest BCUT2D eigenvalue weighted by atomic mass is 9.81. The lowest BCUT2D eigenvalue weighted by molar-refractivity contribution is -0.0498. The highest BCUT2D eigenvalue weighted by Crippen LogP contribution is 2.27. The van der Waals surface area contributed by atoms with Gasteiger partial charge in [0.25, 0.3) is 0 Å². The fourth-order valence-corrected chi connectivity index (χ4v) is 1.58. The van der Waals surface area contributed by atoms with Crippen LogP contribution in [0, 0.1) is 11.3 Å². The van der Waals surface area contributed by atoms with Crippen LogP contribution in [0.1, 0.15) is 27.7 Å². The summed E-state index contributed by atoms with van der Waals surface area (Å²) in [6, 6.07) is 0. The molecule has 0 aliphatic carbocycles.